The Morgan fingerprint density at radius 1 is 1.11 bits per heavy atom. The zero-order chi connectivity index (χ0) is 20.4. The van der Waals surface area contributed by atoms with Crippen LogP contribution >= 0.6 is 0 Å². The highest BCUT2D eigenvalue weighted by molar-refractivity contribution is 6.10. The molecule has 0 saturated carbocycles. The Bertz CT molecular complexity index is 915. The number of nitrogens with zero attached hydrogens (tertiary/aromatic N) is 2. The van der Waals surface area contributed by atoms with Gasteiger partial charge in [0.1, 0.15) is 6.04 Å². The first-order valence-electron chi connectivity index (χ1n) is 9.03. The van der Waals surface area contributed by atoms with E-state index in [9.17, 15) is 14.4 Å². The van der Waals surface area contributed by atoms with Crippen molar-refractivity contribution in [1.29, 1.82) is 0 Å². The van der Waals surface area contributed by atoms with Crippen molar-refractivity contribution in [3.63, 3.8) is 0 Å². The van der Waals surface area contributed by atoms with Crippen molar-refractivity contribution < 1.29 is 14.4 Å². The molecule has 0 spiro atoms. The van der Waals surface area contributed by atoms with E-state index in [1.807, 2.05) is 24.3 Å². The van der Waals surface area contributed by atoms with E-state index in [4.69, 9.17) is 0 Å². The molecule has 0 bridgehead atoms. The molecule has 3 rings (SSSR count). The predicted octanol–water partition coefficient (Wildman–Crippen LogP) is 2.52. The summed E-state index contributed by atoms with van der Waals surface area (Å²) in [5, 5.41) is 2.57. The summed E-state index contributed by atoms with van der Waals surface area (Å²) in [5.41, 5.74) is 3.33. The molecule has 28 heavy (non-hydrogen) atoms. The van der Waals surface area contributed by atoms with Crippen LogP contribution in [0, 0.1) is 0 Å². The molecule has 0 aliphatic carbocycles. The van der Waals surface area contributed by atoms with Crippen molar-refractivity contribution in [2.75, 3.05) is 14.1 Å². The van der Waals surface area contributed by atoms with Gasteiger partial charge in [-0.05, 0) is 30.7 Å². The third-order valence-corrected chi connectivity index (χ3v) is 4.96. The molecule has 0 aromatic heterocycles. The predicted molar refractivity (Wildman–Crippen MR) is 107 cm³/mol. The standard InChI is InChI=1S/C22H23N3O3/c1-14-18-7-5-6-8-19(18)22(28)25(14)15(2)21(27)24(4)13-16-9-11-17(12-10-16)20(26)23-3/h5-12,15H,1,13H2,2-4H3,(H,23,26)/t15-/m1/s1. The fourth-order valence-corrected chi connectivity index (χ4v) is 3.40. The first-order chi connectivity index (χ1) is 13.3. The van der Waals surface area contributed by atoms with E-state index in [1.54, 1.807) is 50.2 Å². The number of nitrogens with one attached hydrogen (secondary N) is 1. The zero-order valence-corrected chi connectivity index (χ0v) is 16.2. The second kappa shape index (κ2) is 7.68. The molecule has 3 amide bonds. The van der Waals surface area contributed by atoms with Gasteiger partial charge in [0.2, 0.25) is 5.91 Å². The third-order valence-electron chi connectivity index (χ3n) is 4.96. The molecule has 1 atom stereocenters. The Morgan fingerprint density at radius 3 is 2.29 bits per heavy atom. The number of carbonyl (C=O) groups is 3. The van der Waals surface area contributed by atoms with E-state index in [2.05, 4.69) is 11.9 Å². The van der Waals surface area contributed by atoms with Gasteiger partial charge in [-0.15, -0.1) is 0 Å². The Morgan fingerprint density at radius 2 is 1.71 bits per heavy atom. The minimum atomic E-state index is -0.664. The van der Waals surface area contributed by atoms with Gasteiger partial charge in [0.05, 0.1) is 0 Å². The Balaban J connectivity index is 1.71. The maximum atomic E-state index is 12.9. The average Bonchev–Trinajstić information content (AvgIpc) is 2.97. The van der Waals surface area contributed by atoms with E-state index in [-0.39, 0.29) is 17.7 Å². The minimum Gasteiger partial charge on any atom is -0.355 e. The highest BCUT2D eigenvalue weighted by Crippen LogP contribution is 2.33. The number of amides is 3. The molecule has 2 aromatic carbocycles. The van der Waals surface area contributed by atoms with Gasteiger partial charge >= 0.3 is 0 Å². The number of benzene rings is 2. The molecule has 1 heterocycles. The van der Waals surface area contributed by atoms with E-state index >= 15 is 0 Å². The summed E-state index contributed by atoms with van der Waals surface area (Å²) in [6, 6.07) is 13.6. The molecule has 6 heteroatoms. The lowest BCUT2D eigenvalue weighted by atomic mass is 10.1. The summed E-state index contributed by atoms with van der Waals surface area (Å²) in [7, 11) is 3.28. The Kier molecular flexibility index (Phi) is 5.31. The van der Waals surface area contributed by atoms with Crippen molar-refractivity contribution in [2.24, 2.45) is 0 Å². The number of hydrogen-bond acceptors (Lipinski definition) is 3. The summed E-state index contributed by atoms with van der Waals surface area (Å²) in [6.45, 7) is 6.09. The molecule has 1 N–H and O–H groups in total. The van der Waals surface area contributed by atoms with Crippen LogP contribution in [0.2, 0.25) is 0 Å². The van der Waals surface area contributed by atoms with Crippen molar-refractivity contribution in [3.8, 4) is 0 Å². The monoisotopic (exact) mass is 377 g/mol. The van der Waals surface area contributed by atoms with Crippen LogP contribution in [0.15, 0.2) is 55.1 Å². The van der Waals surface area contributed by atoms with Crippen LogP contribution in [-0.2, 0) is 11.3 Å². The second-order valence-corrected chi connectivity index (χ2v) is 6.81. The third kappa shape index (κ3) is 3.41. The molecule has 1 aliphatic rings. The maximum absolute atomic E-state index is 12.9. The molecular weight excluding hydrogens is 354 g/mol. The van der Waals surface area contributed by atoms with Gasteiger partial charge in [-0.2, -0.15) is 0 Å². The van der Waals surface area contributed by atoms with Crippen LogP contribution in [-0.4, -0.2) is 47.7 Å². The Labute approximate surface area is 164 Å². The minimum absolute atomic E-state index is 0.157. The smallest absolute Gasteiger partial charge is 0.259 e. The Hall–Kier alpha value is -3.41. The molecule has 0 unspecified atom stereocenters. The number of likely N-dealkylation sites (N-methyl/N-ethyl adjacent to an activating group) is 1. The molecule has 2 aromatic rings. The lowest BCUT2D eigenvalue weighted by molar-refractivity contribution is -0.133. The van der Waals surface area contributed by atoms with E-state index in [0.717, 1.165) is 11.1 Å². The van der Waals surface area contributed by atoms with E-state index < -0.39 is 6.04 Å². The van der Waals surface area contributed by atoms with Gasteiger partial charge in [-0.25, -0.2) is 0 Å². The van der Waals surface area contributed by atoms with Gasteiger partial charge in [0, 0.05) is 43.0 Å². The summed E-state index contributed by atoms with van der Waals surface area (Å²) >= 11 is 0. The fourth-order valence-electron chi connectivity index (χ4n) is 3.40. The van der Waals surface area contributed by atoms with E-state index in [0.29, 0.717) is 23.4 Å². The molecular formula is C22H23N3O3. The summed E-state index contributed by atoms with van der Waals surface area (Å²) < 4.78 is 0. The highest BCUT2D eigenvalue weighted by Gasteiger charge is 2.37. The normalized spacial score (nSPS) is 13.9. The molecule has 0 fully saturated rings. The second-order valence-electron chi connectivity index (χ2n) is 6.81. The van der Waals surface area contributed by atoms with Crippen molar-refractivity contribution in [3.05, 3.63) is 77.4 Å². The number of hydrogen-bond donors (Lipinski definition) is 1. The van der Waals surface area contributed by atoms with Crippen LogP contribution in [0.3, 0.4) is 0 Å². The maximum Gasteiger partial charge on any atom is 0.259 e. The molecule has 0 radical (unpaired) electrons. The summed E-state index contributed by atoms with van der Waals surface area (Å²) in [4.78, 5) is 40.3. The van der Waals surface area contributed by atoms with Crippen LogP contribution in [0.1, 0.15) is 38.8 Å². The lowest BCUT2D eigenvalue weighted by Crippen LogP contribution is -2.45. The fraction of sp³-hybridized carbons (Fsp3) is 0.227. The molecule has 0 saturated heterocycles. The van der Waals surface area contributed by atoms with Gasteiger partial charge in [-0.1, -0.05) is 36.9 Å². The van der Waals surface area contributed by atoms with Crippen molar-refractivity contribution >= 4 is 23.4 Å². The van der Waals surface area contributed by atoms with Crippen LogP contribution < -0.4 is 5.32 Å². The van der Waals surface area contributed by atoms with Gasteiger partial charge in [0.15, 0.2) is 0 Å². The molecule has 144 valence electrons. The van der Waals surface area contributed by atoms with Crippen molar-refractivity contribution in [1.82, 2.24) is 15.1 Å². The number of rotatable bonds is 5. The largest absolute Gasteiger partial charge is 0.355 e. The molecule has 1 aliphatic heterocycles. The van der Waals surface area contributed by atoms with Crippen LogP contribution in [0.25, 0.3) is 5.70 Å². The first kappa shape index (κ1) is 19.4. The zero-order valence-electron chi connectivity index (χ0n) is 16.2. The highest BCUT2D eigenvalue weighted by atomic mass is 16.2. The van der Waals surface area contributed by atoms with Gasteiger partial charge < -0.3 is 10.2 Å². The first-order valence-corrected chi connectivity index (χ1v) is 9.03. The lowest BCUT2D eigenvalue weighted by Gasteiger charge is -2.28. The quantitative estimate of drug-likeness (QED) is 0.871. The SMILES string of the molecule is C=C1c2ccccc2C(=O)N1[C@H](C)C(=O)N(C)Cc1ccc(C(=O)NC)cc1. The van der Waals surface area contributed by atoms with Gasteiger partial charge in [0.25, 0.3) is 11.8 Å². The van der Waals surface area contributed by atoms with E-state index in [1.165, 1.54) is 4.90 Å². The summed E-state index contributed by atoms with van der Waals surface area (Å²) in [5.74, 6) is -0.544. The summed E-state index contributed by atoms with van der Waals surface area (Å²) in [6.07, 6.45) is 0. The number of fused-ring (bicyclic) bond motifs is 1. The van der Waals surface area contributed by atoms with Crippen LogP contribution in [0.4, 0.5) is 0 Å². The average molecular weight is 377 g/mol. The van der Waals surface area contributed by atoms with Crippen molar-refractivity contribution in [2.45, 2.75) is 19.5 Å². The van der Waals surface area contributed by atoms with Crippen LogP contribution in [0.5, 0.6) is 0 Å². The topological polar surface area (TPSA) is 69.7 Å². The molecule has 6 nitrogen and oxygen atoms in total. The number of carbonyl (C=O) groups excluding carboxylic acids is 3. The van der Waals surface area contributed by atoms with Gasteiger partial charge in [-0.3, -0.25) is 19.3 Å².